The van der Waals surface area contributed by atoms with Crippen LogP contribution in [0.15, 0.2) is 99.6 Å². The molecule has 0 aliphatic carbocycles. The van der Waals surface area contributed by atoms with E-state index in [4.69, 9.17) is 14.2 Å². The summed E-state index contributed by atoms with van der Waals surface area (Å²) >= 11 is 4.70. The molecule has 0 aromatic heterocycles. The van der Waals surface area contributed by atoms with E-state index in [-0.39, 0.29) is 6.29 Å². The molecule has 1 unspecified atom stereocenters. The maximum absolute atomic E-state index is 6.18. The minimum absolute atomic E-state index is 0.137. The Labute approximate surface area is 242 Å². The molecule has 1 atom stereocenters. The van der Waals surface area contributed by atoms with Gasteiger partial charge in [0.2, 0.25) is 0 Å². The fourth-order valence-corrected chi connectivity index (χ4v) is 9.56. The fraction of sp³-hybridized carbons (Fsp3) is 0.200. The van der Waals surface area contributed by atoms with Gasteiger partial charge in [-0.3, -0.25) is 0 Å². The van der Waals surface area contributed by atoms with Gasteiger partial charge in [-0.1, -0.05) is 36.4 Å². The predicted molar refractivity (Wildman–Crippen MR) is 163 cm³/mol. The normalized spacial score (nSPS) is 17.4. The summed E-state index contributed by atoms with van der Waals surface area (Å²) in [7, 11) is -0.539. The van der Waals surface area contributed by atoms with E-state index >= 15 is 0 Å². The molecule has 2 aliphatic rings. The van der Waals surface area contributed by atoms with Crippen LogP contribution >= 0.6 is 56.1 Å². The number of rotatable bonds is 6. The molecule has 0 spiro atoms. The summed E-state index contributed by atoms with van der Waals surface area (Å²) < 4.78 is 20.3. The quantitative estimate of drug-likeness (QED) is 0.140. The number of hydrogen-bond acceptors (Lipinski definition) is 3. The van der Waals surface area contributed by atoms with Crippen molar-refractivity contribution in [3.05, 3.63) is 97.6 Å². The van der Waals surface area contributed by atoms with Gasteiger partial charge in [0, 0.05) is 16.2 Å². The number of benzene rings is 4. The molecular formula is C30H26I2O3S. The van der Waals surface area contributed by atoms with Gasteiger partial charge < -0.3 is 14.2 Å². The molecule has 3 nitrogen and oxygen atoms in total. The first-order chi connectivity index (χ1) is 17.7. The minimum Gasteiger partial charge on any atom is -0.489 e. The van der Waals surface area contributed by atoms with E-state index in [0.717, 1.165) is 50.1 Å². The second kappa shape index (κ2) is 10.9. The molecule has 4 aromatic carbocycles. The van der Waals surface area contributed by atoms with Crippen LogP contribution in [0.1, 0.15) is 24.8 Å². The van der Waals surface area contributed by atoms with Gasteiger partial charge in [-0.25, -0.2) is 0 Å². The molecule has 2 heterocycles. The third-order valence-corrected chi connectivity index (χ3v) is 10.7. The molecule has 36 heavy (non-hydrogen) atoms. The van der Waals surface area contributed by atoms with Crippen molar-refractivity contribution in [3.63, 3.8) is 0 Å². The molecule has 1 fully saturated rings. The van der Waals surface area contributed by atoms with Gasteiger partial charge in [0.1, 0.15) is 18.1 Å². The standard InChI is InChI=1S/C30H26I2O3S/c31-25-17-20(18-26(32)30(25)35-29-11-5-6-16-33-29)19-34-21-12-14-22(15-13-21)36-27-9-3-1-7-23(27)24-8-2-4-10-28(24)36/h1-4,7-10,12-15,17-18,29,36H,5-6,11,16,19H2. The molecule has 0 bridgehead atoms. The zero-order chi connectivity index (χ0) is 24.5. The van der Waals surface area contributed by atoms with Crippen LogP contribution in [-0.2, 0) is 11.3 Å². The maximum atomic E-state index is 6.18. The molecule has 0 saturated carbocycles. The van der Waals surface area contributed by atoms with Crippen molar-refractivity contribution in [1.29, 1.82) is 0 Å². The summed E-state index contributed by atoms with van der Waals surface area (Å²) in [5, 5.41) is 0. The summed E-state index contributed by atoms with van der Waals surface area (Å²) in [5.41, 5.74) is 3.87. The summed E-state index contributed by atoms with van der Waals surface area (Å²) in [6.07, 6.45) is 3.09. The maximum Gasteiger partial charge on any atom is 0.199 e. The molecular weight excluding hydrogens is 694 g/mol. The van der Waals surface area contributed by atoms with Crippen molar-refractivity contribution in [3.8, 4) is 22.6 Å². The van der Waals surface area contributed by atoms with Gasteiger partial charge in [0.25, 0.3) is 0 Å². The van der Waals surface area contributed by atoms with E-state index in [0.29, 0.717) is 6.61 Å². The monoisotopic (exact) mass is 720 g/mol. The number of thiol groups is 1. The number of fused-ring (bicyclic) bond motifs is 3. The van der Waals surface area contributed by atoms with Crippen molar-refractivity contribution in [2.24, 2.45) is 0 Å². The molecule has 0 N–H and O–H groups in total. The van der Waals surface area contributed by atoms with Crippen molar-refractivity contribution in [2.45, 2.75) is 46.8 Å². The lowest BCUT2D eigenvalue weighted by atomic mass is 10.1. The zero-order valence-corrected chi connectivity index (χ0v) is 24.8. The Kier molecular flexibility index (Phi) is 7.46. The van der Waals surface area contributed by atoms with E-state index in [1.54, 1.807) is 0 Å². The van der Waals surface area contributed by atoms with Crippen molar-refractivity contribution in [2.75, 3.05) is 6.61 Å². The van der Waals surface area contributed by atoms with Crippen LogP contribution in [0.4, 0.5) is 0 Å². The summed E-state index contributed by atoms with van der Waals surface area (Å²) in [6.45, 7) is 1.30. The highest BCUT2D eigenvalue weighted by molar-refractivity contribution is 14.1. The van der Waals surface area contributed by atoms with E-state index in [1.165, 1.54) is 25.8 Å². The second-order valence-corrected chi connectivity index (χ2v) is 13.4. The Morgan fingerprint density at radius 2 is 1.44 bits per heavy atom. The molecule has 6 heteroatoms. The van der Waals surface area contributed by atoms with Gasteiger partial charge >= 0.3 is 0 Å². The first-order valence-electron chi connectivity index (χ1n) is 12.1. The van der Waals surface area contributed by atoms with Crippen LogP contribution < -0.4 is 9.47 Å². The van der Waals surface area contributed by atoms with E-state index in [2.05, 4.69) is 130 Å². The Hall–Kier alpha value is -1.75. The van der Waals surface area contributed by atoms with Gasteiger partial charge in [-0.15, -0.1) is 0 Å². The first kappa shape index (κ1) is 24.6. The number of halogens is 2. The Morgan fingerprint density at radius 1 is 0.806 bits per heavy atom. The van der Waals surface area contributed by atoms with Crippen LogP contribution in [0.3, 0.4) is 0 Å². The minimum atomic E-state index is -0.539. The SMILES string of the molecule is Ic1cc(COc2ccc([SH]3c4ccccc4-c4ccccc43)cc2)cc(I)c1OC1CCCCO1. The van der Waals surface area contributed by atoms with Crippen LogP contribution in [0.5, 0.6) is 11.5 Å². The summed E-state index contributed by atoms with van der Waals surface area (Å²) in [5.74, 6) is 1.80. The lowest BCUT2D eigenvalue weighted by Gasteiger charge is -2.24. The highest BCUT2D eigenvalue weighted by Gasteiger charge is 2.26. The van der Waals surface area contributed by atoms with E-state index in [9.17, 15) is 0 Å². The van der Waals surface area contributed by atoms with Crippen LogP contribution in [0.25, 0.3) is 11.1 Å². The average Bonchev–Trinajstić information content (AvgIpc) is 3.25. The summed E-state index contributed by atoms with van der Waals surface area (Å²) in [6, 6.07) is 30.6. The summed E-state index contributed by atoms with van der Waals surface area (Å²) in [4.78, 5) is 4.23. The molecule has 0 amide bonds. The average molecular weight is 720 g/mol. The van der Waals surface area contributed by atoms with Gasteiger partial charge in [-0.2, -0.15) is 10.9 Å². The predicted octanol–water partition coefficient (Wildman–Crippen LogP) is 8.84. The van der Waals surface area contributed by atoms with E-state index < -0.39 is 10.9 Å². The highest BCUT2D eigenvalue weighted by atomic mass is 127. The molecule has 184 valence electrons. The molecule has 4 aromatic rings. The topological polar surface area (TPSA) is 27.7 Å². The number of ether oxygens (including phenoxy) is 3. The number of hydrogen-bond donors (Lipinski definition) is 1. The molecule has 6 rings (SSSR count). The van der Waals surface area contributed by atoms with Gasteiger partial charge in [0.05, 0.1) is 13.7 Å². The van der Waals surface area contributed by atoms with Crippen molar-refractivity contribution < 1.29 is 14.2 Å². The molecule has 0 radical (unpaired) electrons. The molecule has 2 aliphatic heterocycles. The molecule has 1 saturated heterocycles. The van der Waals surface area contributed by atoms with Gasteiger partial charge in [0.15, 0.2) is 6.29 Å². The Bertz CT molecular complexity index is 1310. The second-order valence-electron chi connectivity index (χ2n) is 8.95. The third kappa shape index (κ3) is 5.01. The lowest BCUT2D eigenvalue weighted by molar-refractivity contribution is -0.106. The van der Waals surface area contributed by atoms with Crippen LogP contribution in [0, 0.1) is 7.14 Å². The van der Waals surface area contributed by atoms with E-state index in [1.807, 2.05) is 0 Å². The van der Waals surface area contributed by atoms with Crippen molar-refractivity contribution >= 4 is 56.1 Å². The van der Waals surface area contributed by atoms with Crippen LogP contribution in [0.2, 0.25) is 0 Å². The third-order valence-electron chi connectivity index (χ3n) is 6.53. The Balaban J connectivity index is 1.16. The lowest BCUT2D eigenvalue weighted by Crippen LogP contribution is -2.25. The highest BCUT2D eigenvalue weighted by Crippen LogP contribution is 2.62. The van der Waals surface area contributed by atoms with Crippen LogP contribution in [-0.4, -0.2) is 12.9 Å². The van der Waals surface area contributed by atoms with Gasteiger partial charge in [-0.05, 0) is 128 Å². The Morgan fingerprint density at radius 3 is 2.06 bits per heavy atom. The first-order valence-corrected chi connectivity index (χ1v) is 15.6. The van der Waals surface area contributed by atoms with Crippen molar-refractivity contribution in [1.82, 2.24) is 0 Å². The smallest absolute Gasteiger partial charge is 0.199 e. The fourth-order valence-electron chi connectivity index (χ4n) is 4.80. The zero-order valence-electron chi connectivity index (χ0n) is 19.6. The largest absolute Gasteiger partial charge is 0.489 e.